The Morgan fingerprint density at radius 3 is 2.58 bits per heavy atom. The van der Waals surface area contributed by atoms with E-state index in [1.165, 1.54) is 11.7 Å². The Hall–Kier alpha value is -1.37. The lowest BCUT2D eigenvalue weighted by Gasteiger charge is -2.34. The molecule has 1 aliphatic heterocycles. The van der Waals surface area contributed by atoms with Crippen LogP contribution in [-0.2, 0) is 11.5 Å². The van der Waals surface area contributed by atoms with E-state index in [0.29, 0.717) is 6.73 Å². The first-order chi connectivity index (χ1) is 11.4. The number of fused-ring (bicyclic) bond motifs is 1. The molecule has 2 aromatic rings. The number of ether oxygens (including phenoxy) is 1. The van der Waals surface area contributed by atoms with Crippen LogP contribution in [0.5, 0.6) is 0 Å². The van der Waals surface area contributed by atoms with Crippen molar-refractivity contribution in [2.24, 2.45) is 0 Å². The molecule has 1 saturated heterocycles. The predicted molar refractivity (Wildman–Crippen MR) is 104 cm³/mol. The Kier molecular flexibility index (Phi) is 5.27. The molecule has 0 unspecified atom stereocenters. The molecule has 6 heteroatoms. The number of hydrogen-bond donors (Lipinski definition) is 0. The van der Waals surface area contributed by atoms with Gasteiger partial charge in [-0.3, -0.25) is 0 Å². The van der Waals surface area contributed by atoms with Crippen molar-refractivity contribution in [2.45, 2.75) is 32.4 Å². The van der Waals surface area contributed by atoms with Crippen molar-refractivity contribution in [1.82, 2.24) is 14.5 Å². The van der Waals surface area contributed by atoms with E-state index in [0.717, 1.165) is 43.8 Å². The number of aromatic nitrogens is 2. The zero-order valence-electron chi connectivity index (χ0n) is 15.5. The fourth-order valence-electron chi connectivity index (χ4n) is 2.96. The third kappa shape index (κ3) is 4.37. The molecule has 1 aromatic carbocycles. The Balaban J connectivity index is 1.63. The lowest BCUT2D eigenvalue weighted by atomic mass is 10.2. The molecule has 0 atom stereocenters. The van der Waals surface area contributed by atoms with Crippen molar-refractivity contribution < 1.29 is 4.74 Å². The summed E-state index contributed by atoms with van der Waals surface area (Å²) in [6, 6.07) is 7.80. The van der Waals surface area contributed by atoms with Crippen LogP contribution >= 0.6 is 0 Å². The maximum Gasteiger partial charge on any atom is 0.124 e. The maximum absolute atomic E-state index is 5.86. The molecule has 0 N–H and O–H groups in total. The average molecular weight is 347 g/mol. The summed E-state index contributed by atoms with van der Waals surface area (Å²) < 4.78 is 7.97. The molecule has 1 aliphatic rings. The Morgan fingerprint density at radius 2 is 1.88 bits per heavy atom. The highest BCUT2D eigenvalue weighted by atomic mass is 28.3. The number of hydrogen-bond acceptors (Lipinski definition) is 4. The first kappa shape index (κ1) is 17.4. The molecule has 0 saturated carbocycles. The van der Waals surface area contributed by atoms with Crippen LogP contribution in [0.3, 0.4) is 0 Å². The molecule has 0 radical (unpaired) electrons. The van der Waals surface area contributed by atoms with Crippen LogP contribution in [0.4, 0.5) is 5.69 Å². The number of imidazole rings is 1. The van der Waals surface area contributed by atoms with Gasteiger partial charge in [-0.1, -0.05) is 19.6 Å². The van der Waals surface area contributed by atoms with E-state index < -0.39 is 8.07 Å². The molecule has 0 bridgehead atoms. The summed E-state index contributed by atoms with van der Waals surface area (Å²) in [6.07, 6.45) is 1.90. The minimum Gasteiger partial charge on any atom is -0.369 e. The summed E-state index contributed by atoms with van der Waals surface area (Å²) in [4.78, 5) is 9.40. The fraction of sp³-hybridized carbons (Fsp3) is 0.611. The van der Waals surface area contributed by atoms with E-state index in [1.54, 1.807) is 0 Å². The molecule has 5 nitrogen and oxygen atoms in total. The molecule has 3 rings (SSSR count). The molecule has 2 heterocycles. The smallest absolute Gasteiger partial charge is 0.124 e. The minimum absolute atomic E-state index is 0.592. The minimum atomic E-state index is -1.02. The van der Waals surface area contributed by atoms with E-state index in [1.807, 2.05) is 6.33 Å². The van der Waals surface area contributed by atoms with Crippen LogP contribution in [0, 0.1) is 0 Å². The second kappa shape index (κ2) is 7.25. The molecule has 0 spiro atoms. The van der Waals surface area contributed by atoms with Crippen molar-refractivity contribution in [1.29, 1.82) is 0 Å². The second-order valence-electron chi connectivity index (χ2n) is 8.03. The summed E-state index contributed by atoms with van der Waals surface area (Å²) in [5, 5.41) is 0. The van der Waals surface area contributed by atoms with Gasteiger partial charge in [-0.05, 0) is 31.3 Å². The topological polar surface area (TPSA) is 33.5 Å². The van der Waals surface area contributed by atoms with Gasteiger partial charge in [-0.2, -0.15) is 0 Å². The van der Waals surface area contributed by atoms with Crippen molar-refractivity contribution in [2.75, 3.05) is 44.7 Å². The average Bonchev–Trinajstić information content (AvgIpc) is 2.94. The van der Waals surface area contributed by atoms with Gasteiger partial charge in [0.1, 0.15) is 6.73 Å². The molecule has 1 fully saturated rings. The highest BCUT2D eigenvalue weighted by Crippen LogP contribution is 2.22. The quantitative estimate of drug-likeness (QED) is 0.594. The second-order valence-corrected chi connectivity index (χ2v) is 13.6. The lowest BCUT2D eigenvalue weighted by molar-refractivity contribution is 0.0898. The Bertz CT molecular complexity index is 671. The van der Waals surface area contributed by atoms with Crippen molar-refractivity contribution in [3.8, 4) is 0 Å². The highest BCUT2D eigenvalue weighted by Gasteiger charge is 2.15. The largest absolute Gasteiger partial charge is 0.369 e. The third-order valence-electron chi connectivity index (χ3n) is 4.70. The summed E-state index contributed by atoms with van der Waals surface area (Å²) in [7, 11) is 1.16. The number of nitrogens with zero attached hydrogens (tertiary/aromatic N) is 4. The van der Waals surface area contributed by atoms with E-state index >= 15 is 0 Å². The third-order valence-corrected chi connectivity index (χ3v) is 6.40. The van der Waals surface area contributed by atoms with Gasteiger partial charge < -0.3 is 19.1 Å². The molecule has 24 heavy (non-hydrogen) atoms. The van der Waals surface area contributed by atoms with Crippen LogP contribution in [0.2, 0.25) is 25.7 Å². The summed E-state index contributed by atoms with van der Waals surface area (Å²) >= 11 is 0. The van der Waals surface area contributed by atoms with Crippen LogP contribution < -0.4 is 4.90 Å². The number of piperazine rings is 1. The van der Waals surface area contributed by atoms with Gasteiger partial charge in [0.25, 0.3) is 0 Å². The first-order valence-electron chi connectivity index (χ1n) is 8.88. The molecular weight excluding hydrogens is 316 g/mol. The highest BCUT2D eigenvalue weighted by molar-refractivity contribution is 6.76. The Labute approximate surface area is 146 Å². The summed E-state index contributed by atoms with van der Waals surface area (Å²) in [5.41, 5.74) is 3.49. The fourth-order valence-corrected chi connectivity index (χ4v) is 3.71. The van der Waals surface area contributed by atoms with Gasteiger partial charge in [0.2, 0.25) is 0 Å². The van der Waals surface area contributed by atoms with Crippen LogP contribution in [0.15, 0.2) is 24.5 Å². The normalized spacial score (nSPS) is 16.9. The number of likely N-dealkylation sites (N-methyl/N-ethyl adjacent to an activating group) is 1. The van der Waals surface area contributed by atoms with Crippen molar-refractivity contribution >= 4 is 24.8 Å². The zero-order valence-corrected chi connectivity index (χ0v) is 16.5. The van der Waals surface area contributed by atoms with E-state index in [9.17, 15) is 0 Å². The summed E-state index contributed by atoms with van der Waals surface area (Å²) in [5.74, 6) is 0. The number of rotatable bonds is 6. The van der Waals surface area contributed by atoms with E-state index in [-0.39, 0.29) is 0 Å². The molecule has 0 aliphatic carbocycles. The summed E-state index contributed by atoms with van der Waals surface area (Å²) in [6.45, 7) is 13.0. The number of benzene rings is 1. The van der Waals surface area contributed by atoms with E-state index in [2.05, 4.69) is 64.2 Å². The van der Waals surface area contributed by atoms with Gasteiger partial charge in [0.15, 0.2) is 0 Å². The molecule has 1 aromatic heterocycles. The molecular formula is C18H30N4OSi. The zero-order chi connectivity index (χ0) is 17.2. The Morgan fingerprint density at radius 1 is 1.12 bits per heavy atom. The van der Waals surface area contributed by atoms with Gasteiger partial charge in [0.05, 0.1) is 17.4 Å². The predicted octanol–water partition coefficient (Wildman–Crippen LogP) is 3.10. The first-order valence-corrected chi connectivity index (χ1v) is 12.6. The number of anilines is 1. The van der Waals surface area contributed by atoms with Crippen LogP contribution in [0.1, 0.15) is 0 Å². The molecule has 132 valence electrons. The van der Waals surface area contributed by atoms with Gasteiger partial charge in [-0.25, -0.2) is 4.98 Å². The standard InChI is InChI=1S/C18H30N4OSi/c1-20-7-9-21(10-8-20)16-5-6-18-17(13-16)19-14-22(18)15-23-11-12-24(2,3)4/h5-6,13-14H,7-12,15H2,1-4H3. The van der Waals surface area contributed by atoms with E-state index in [4.69, 9.17) is 4.74 Å². The van der Waals surface area contributed by atoms with Gasteiger partial charge >= 0.3 is 0 Å². The maximum atomic E-state index is 5.86. The van der Waals surface area contributed by atoms with Gasteiger partial charge in [0, 0.05) is 46.5 Å². The van der Waals surface area contributed by atoms with Crippen LogP contribution in [0.25, 0.3) is 11.0 Å². The lowest BCUT2D eigenvalue weighted by Crippen LogP contribution is -2.44. The van der Waals surface area contributed by atoms with Crippen molar-refractivity contribution in [3.63, 3.8) is 0 Å². The monoisotopic (exact) mass is 346 g/mol. The van der Waals surface area contributed by atoms with Crippen LogP contribution in [-0.4, -0.2) is 62.4 Å². The van der Waals surface area contributed by atoms with Gasteiger partial charge in [-0.15, -0.1) is 0 Å². The molecule has 0 amide bonds. The van der Waals surface area contributed by atoms with Crippen molar-refractivity contribution in [3.05, 3.63) is 24.5 Å². The SMILES string of the molecule is CN1CCN(c2ccc3c(c2)ncn3COCC[Si](C)(C)C)CC1.